The highest BCUT2D eigenvalue weighted by molar-refractivity contribution is 7.99. The van der Waals surface area contributed by atoms with E-state index in [0.717, 1.165) is 11.3 Å². The summed E-state index contributed by atoms with van der Waals surface area (Å²) >= 11 is 1.39. The van der Waals surface area contributed by atoms with Gasteiger partial charge in [0.05, 0.1) is 24.4 Å². The molecule has 0 fully saturated rings. The average molecular weight is 373 g/mol. The highest BCUT2D eigenvalue weighted by Gasteiger charge is 2.24. The summed E-state index contributed by atoms with van der Waals surface area (Å²) in [5.41, 5.74) is 3.02. The number of urea groups is 1. The molecule has 2 N–H and O–H groups in total. The van der Waals surface area contributed by atoms with Crippen LogP contribution >= 0.6 is 11.8 Å². The molecule has 3 rings (SSSR count). The van der Waals surface area contributed by atoms with Gasteiger partial charge in [-0.2, -0.15) is 0 Å². The van der Waals surface area contributed by atoms with Crippen molar-refractivity contribution < 1.29 is 14.3 Å². The molecule has 0 saturated heterocycles. The van der Waals surface area contributed by atoms with Gasteiger partial charge < -0.3 is 15.4 Å². The first-order valence-corrected chi connectivity index (χ1v) is 9.11. The fourth-order valence-electron chi connectivity index (χ4n) is 2.53. The van der Waals surface area contributed by atoms with E-state index in [-0.39, 0.29) is 19.2 Å². The molecule has 9 heteroatoms. The monoisotopic (exact) mass is 373 g/mol. The third-order valence-electron chi connectivity index (χ3n) is 3.81. The van der Waals surface area contributed by atoms with E-state index >= 15 is 0 Å². The number of carbonyl (C=O) groups is 2. The van der Waals surface area contributed by atoms with Crippen molar-refractivity contribution in [3.05, 3.63) is 47.4 Å². The predicted octanol–water partition coefficient (Wildman–Crippen LogP) is 1.80. The van der Waals surface area contributed by atoms with Crippen LogP contribution in [0.25, 0.3) is 5.69 Å². The molecule has 1 aromatic carbocycles. The molecule has 2 amide bonds. The lowest BCUT2D eigenvalue weighted by Gasteiger charge is -2.21. The number of nitrogens with one attached hydrogen (secondary N) is 2. The molecule has 1 aromatic heterocycles. The van der Waals surface area contributed by atoms with E-state index in [4.69, 9.17) is 4.74 Å². The first-order valence-electron chi connectivity index (χ1n) is 8.13. The molecule has 26 heavy (non-hydrogen) atoms. The molecule has 1 aliphatic heterocycles. The Hall–Kier alpha value is -2.81. The van der Waals surface area contributed by atoms with E-state index in [1.54, 1.807) is 13.3 Å². The predicted molar refractivity (Wildman–Crippen MR) is 97.0 cm³/mol. The molecular formula is C17H19N5O3S. The van der Waals surface area contributed by atoms with Crippen LogP contribution in [0.15, 0.2) is 47.0 Å². The first-order chi connectivity index (χ1) is 12.6. The van der Waals surface area contributed by atoms with Crippen LogP contribution in [0.2, 0.25) is 0 Å². The minimum atomic E-state index is -0.434. The van der Waals surface area contributed by atoms with Crippen molar-refractivity contribution in [3.63, 3.8) is 0 Å². The molecule has 0 aliphatic carbocycles. The molecule has 2 heterocycles. The van der Waals surface area contributed by atoms with Crippen LogP contribution in [0, 0.1) is 6.92 Å². The van der Waals surface area contributed by atoms with E-state index in [2.05, 4.69) is 20.8 Å². The van der Waals surface area contributed by atoms with Crippen LogP contribution in [0.1, 0.15) is 12.5 Å². The Morgan fingerprint density at radius 2 is 2.19 bits per heavy atom. The molecule has 0 unspecified atom stereocenters. The molecular weight excluding hydrogens is 354 g/mol. The highest BCUT2D eigenvalue weighted by Crippen LogP contribution is 2.24. The summed E-state index contributed by atoms with van der Waals surface area (Å²) in [4.78, 5) is 23.7. The summed E-state index contributed by atoms with van der Waals surface area (Å²) in [5.74, 6) is -0.0671. The summed E-state index contributed by atoms with van der Waals surface area (Å²) < 4.78 is 6.94. The summed E-state index contributed by atoms with van der Waals surface area (Å²) in [6.07, 6.45) is 1.65. The lowest BCUT2D eigenvalue weighted by molar-refractivity contribution is -0.138. The maximum absolute atomic E-state index is 12.1. The number of benzene rings is 1. The van der Waals surface area contributed by atoms with Gasteiger partial charge in [0.1, 0.15) is 6.33 Å². The van der Waals surface area contributed by atoms with Crippen molar-refractivity contribution >= 4 is 23.8 Å². The zero-order chi connectivity index (χ0) is 18.5. The molecule has 0 atom stereocenters. The number of hydrogen-bond donors (Lipinski definition) is 2. The zero-order valence-electron chi connectivity index (χ0n) is 14.5. The minimum absolute atomic E-state index is 0.144. The maximum Gasteiger partial charge on any atom is 0.337 e. The summed E-state index contributed by atoms with van der Waals surface area (Å²) in [6, 6.07) is 7.58. The van der Waals surface area contributed by atoms with E-state index in [9.17, 15) is 9.59 Å². The number of para-hydroxylation sites is 1. The second-order valence-corrected chi connectivity index (χ2v) is 6.49. The number of ether oxygens (including phenoxy) is 1. The normalized spacial score (nSPS) is 14.0. The number of carbonyl (C=O) groups excluding carboxylic acids is 2. The average Bonchev–Trinajstić information content (AvgIpc) is 3.09. The minimum Gasteiger partial charge on any atom is -0.463 e. The van der Waals surface area contributed by atoms with Crippen LogP contribution in [-0.4, -0.2) is 45.7 Å². The van der Waals surface area contributed by atoms with Crippen LogP contribution in [0.4, 0.5) is 4.79 Å². The number of aryl methyl sites for hydroxylation is 1. The molecule has 0 bridgehead atoms. The molecule has 136 valence electrons. The van der Waals surface area contributed by atoms with Gasteiger partial charge in [-0.15, -0.1) is 10.2 Å². The Morgan fingerprint density at radius 3 is 2.96 bits per heavy atom. The van der Waals surface area contributed by atoms with Crippen LogP contribution in [0.5, 0.6) is 0 Å². The van der Waals surface area contributed by atoms with Gasteiger partial charge in [-0.25, -0.2) is 9.59 Å². The van der Waals surface area contributed by atoms with Gasteiger partial charge >= 0.3 is 12.0 Å². The number of hydrogen-bond acceptors (Lipinski definition) is 6. The van der Waals surface area contributed by atoms with Crippen molar-refractivity contribution in [3.8, 4) is 5.69 Å². The fraction of sp³-hybridized carbons (Fsp3) is 0.294. The van der Waals surface area contributed by atoms with Gasteiger partial charge in [0.15, 0.2) is 5.16 Å². The number of aromatic nitrogens is 3. The maximum atomic E-state index is 12.1. The second-order valence-electron chi connectivity index (χ2n) is 5.54. The first kappa shape index (κ1) is 18.0. The van der Waals surface area contributed by atoms with Gasteiger partial charge in [-0.05, 0) is 25.5 Å². The van der Waals surface area contributed by atoms with Crippen molar-refractivity contribution in [1.82, 2.24) is 25.4 Å². The largest absolute Gasteiger partial charge is 0.463 e. The standard InChI is InChI=1S/C17H19N5O3S/c1-3-25-15(23)12-8-18-16(24)20-13(12)9-26-17-21-19-10-22(17)14-7-5-4-6-11(14)2/h4-7,10H,3,8-9H2,1-2H3,(H2,18,20,24). The third kappa shape index (κ3) is 3.88. The van der Waals surface area contributed by atoms with E-state index in [0.29, 0.717) is 22.2 Å². The highest BCUT2D eigenvalue weighted by atomic mass is 32.2. The van der Waals surface area contributed by atoms with Gasteiger partial charge in [-0.3, -0.25) is 4.57 Å². The Morgan fingerprint density at radius 1 is 1.38 bits per heavy atom. The molecule has 8 nitrogen and oxygen atoms in total. The Bertz CT molecular complexity index is 862. The van der Waals surface area contributed by atoms with Crippen molar-refractivity contribution in [1.29, 1.82) is 0 Å². The van der Waals surface area contributed by atoms with E-state index in [1.165, 1.54) is 11.8 Å². The third-order valence-corrected chi connectivity index (χ3v) is 4.78. The Labute approximate surface area is 155 Å². The number of nitrogens with zero attached hydrogens (tertiary/aromatic N) is 3. The van der Waals surface area contributed by atoms with Gasteiger partial charge in [0, 0.05) is 11.4 Å². The smallest absolute Gasteiger partial charge is 0.337 e. The fourth-order valence-corrected chi connectivity index (χ4v) is 3.44. The number of amides is 2. The van der Waals surface area contributed by atoms with Crippen LogP contribution in [-0.2, 0) is 9.53 Å². The summed E-state index contributed by atoms with van der Waals surface area (Å²) in [6.45, 7) is 4.17. The van der Waals surface area contributed by atoms with Crippen molar-refractivity contribution in [2.75, 3.05) is 18.9 Å². The van der Waals surface area contributed by atoms with Crippen LogP contribution in [0.3, 0.4) is 0 Å². The van der Waals surface area contributed by atoms with Crippen molar-refractivity contribution in [2.24, 2.45) is 0 Å². The summed E-state index contributed by atoms with van der Waals surface area (Å²) in [7, 11) is 0. The van der Waals surface area contributed by atoms with Gasteiger partial charge in [-0.1, -0.05) is 30.0 Å². The number of rotatable bonds is 6. The van der Waals surface area contributed by atoms with Crippen LogP contribution < -0.4 is 10.6 Å². The SMILES string of the molecule is CCOC(=O)C1=C(CSc2nncn2-c2ccccc2C)NC(=O)NC1. The van der Waals surface area contributed by atoms with Crippen molar-refractivity contribution in [2.45, 2.75) is 19.0 Å². The molecule has 0 spiro atoms. The van der Waals surface area contributed by atoms with E-state index < -0.39 is 5.97 Å². The number of esters is 1. The Kier molecular flexibility index (Phi) is 5.57. The number of thioether (sulfide) groups is 1. The van der Waals surface area contributed by atoms with Gasteiger partial charge in [0.25, 0.3) is 0 Å². The quantitative estimate of drug-likeness (QED) is 0.592. The summed E-state index contributed by atoms with van der Waals surface area (Å²) in [5, 5.41) is 14.1. The Balaban J connectivity index is 1.82. The zero-order valence-corrected chi connectivity index (χ0v) is 15.3. The lowest BCUT2D eigenvalue weighted by Crippen LogP contribution is -2.44. The molecule has 0 saturated carbocycles. The molecule has 1 aliphatic rings. The van der Waals surface area contributed by atoms with Gasteiger partial charge in [0.2, 0.25) is 0 Å². The molecule has 0 radical (unpaired) electrons. The second kappa shape index (κ2) is 8.05. The molecule has 2 aromatic rings. The lowest BCUT2D eigenvalue weighted by atomic mass is 10.2. The topological polar surface area (TPSA) is 98.1 Å². The van der Waals surface area contributed by atoms with E-state index in [1.807, 2.05) is 35.8 Å².